The van der Waals surface area contributed by atoms with Crippen molar-refractivity contribution in [1.29, 1.82) is 0 Å². The Labute approximate surface area is 100 Å². The van der Waals surface area contributed by atoms with Gasteiger partial charge in [-0.05, 0) is 0 Å². The van der Waals surface area contributed by atoms with Crippen molar-refractivity contribution >= 4 is 48.2 Å². The Morgan fingerprint density at radius 3 is 1.92 bits per heavy atom. The fraction of sp³-hybridized carbons (Fsp3) is 0.143. The van der Waals surface area contributed by atoms with E-state index in [2.05, 4.69) is 41.5 Å². The van der Waals surface area contributed by atoms with E-state index in [4.69, 9.17) is 13.3 Å². The number of hydrogen-bond acceptors (Lipinski definition) is 2. The molecule has 6 heteroatoms. The third kappa shape index (κ3) is 12.5. The molecule has 1 aromatic carbocycles. The Bertz CT molecular complexity index is 315. The quantitative estimate of drug-likeness (QED) is 0.705. The summed E-state index contributed by atoms with van der Waals surface area (Å²) in [7, 11) is -3.83. The Morgan fingerprint density at radius 1 is 1.31 bits per heavy atom. The standard InChI is InChI=1S/C7H7.Na.H2O3S2/c1-7-5-3-2-4-6-7;;1-5(2,3)4/h2-6H,1H2;;(H2,1,2,3,4). The van der Waals surface area contributed by atoms with Gasteiger partial charge in [0.2, 0.25) is 0 Å². The molecule has 0 heterocycles. The van der Waals surface area contributed by atoms with E-state index in [1.807, 2.05) is 0 Å². The van der Waals surface area contributed by atoms with E-state index < -0.39 is 9.05 Å². The van der Waals surface area contributed by atoms with Crippen LogP contribution in [0.5, 0.6) is 0 Å². The van der Waals surface area contributed by atoms with E-state index in [9.17, 15) is 0 Å². The molecule has 0 spiro atoms. The van der Waals surface area contributed by atoms with Crippen molar-refractivity contribution in [2.75, 3.05) is 0 Å². The van der Waals surface area contributed by atoms with Gasteiger partial charge in [0, 0.05) is 11.2 Å². The molecule has 1 rings (SSSR count). The topological polar surface area (TPSA) is 57.5 Å². The van der Waals surface area contributed by atoms with Crippen LogP contribution < -0.4 is 0 Å². The van der Waals surface area contributed by atoms with Gasteiger partial charge in [0.15, 0.2) is 0 Å². The molecule has 68 valence electrons. The molecular formula is C7H9NaO3S2. The van der Waals surface area contributed by atoms with Crippen molar-refractivity contribution in [2.45, 2.75) is 3.67 Å². The van der Waals surface area contributed by atoms with Crippen LogP contribution in [0.1, 0.15) is 5.56 Å². The molecule has 0 fully saturated rings. The predicted octanol–water partition coefficient (Wildman–Crippen LogP) is 1.03. The number of benzene rings is 1. The van der Waals surface area contributed by atoms with Gasteiger partial charge in [-0.3, -0.25) is 9.11 Å². The van der Waals surface area contributed by atoms with Crippen LogP contribution in [0.2, 0.25) is 0 Å². The van der Waals surface area contributed by atoms with Crippen LogP contribution in [0.3, 0.4) is 0 Å². The second kappa shape index (κ2) is 6.89. The molecule has 0 amide bonds. The van der Waals surface area contributed by atoms with Crippen molar-refractivity contribution < 1.29 is 13.3 Å². The Morgan fingerprint density at radius 2 is 1.69 bits per heavy atom. The molecule has 13 heavy (non-hydrogen) atoms. The molecule has 0 radical (unpaired) electrons. The second-order valence-electron chi connectivity index (χ2n) is 2.29. The van der Waals surface area contributed by atoms with Crippen LogP contribution in [0.15, 0.2) is 30.3 Å². The van der Waals surface area contributed by atoms with Gasteiger partial charge in [0.05, 0.1) is 0 Å². The Balaban J connectivity index is 0.000000252. The number of rotatable bonds is 1. The molecule has 1 aromatic rings. The minimum absolute atomic E-state index is 1.28. The van der Waals surface area contributed by atoms with E-state index >= 15 is 0 Å². The normalized spacial score (nSPS) is 10.2. The van der Waals surface area contributed by atoms with Gasteiger partial charge in [-0.1, -0.05) is 0 Å². The van der Waals surface area contributed by atoms with Crippen LogP contribution in [-0.4, -0.2) is 41.2 Å². The van der Waals surface area contributed by atoms with Crippen molar-refractivity contribution in [1.82, 2.24) is 0 Å². The van der Waals surface area contributed by atoms with E-state index in [0.717, 1.165) is 0 Å². The van der Waals surface area contributed by atoms with Gasteiger partial charge in [0.25, 0.3) is 9.05 Å². The second-order valence-corrected chi connectivity index (χ2v) is 5.19. The SMILES string of the molecule is O=S(O)(O)=S.[Na][CH2]c1ccccc1. The molecule has 0 unspecified atom stereocenters. The summed E-state index contributed by atoms with van der Waals surface area (Å²) in [6, 6.07) is 10.6. The molecule has 0 aliphatic carbocycles. The maximum atomic E-state index is 9.11. The molecule has 0 saturated heterocycles. The third-order valence-corrected chi connectivity index (χ3v) is 2.07. The summed E-state index contributed by atoms with van der Waals surface area (Å²) in [6.07, 6.45) is 0. The first-order chi connectivity index (χ1) is 5.93. The molecule has 0 aliphatic rings. The van der Waals surface area contributed by atoms with Crippen molar-refractivity contribution in [3.63, 3.8) is 0 Å². The summed E-state index contributed by atoms with van der Waals surface area (Å²) in [5.41, 5.74) is 1.47. The molecule has 0 atom stereocenters. The molecule has 0 aromatic heterocycles. The summed E-state index contributed by atoms with van der Waals surface area (Å²) >= 11 is 4.74. The minimum atomic E-state index is -3.83. The van der Waals surface area contributed by atoms with E-state index in [1.54, 1.807) is 0 Å². The Hall–Kier alpha value is 0.510. The molecule has 0 bridgehead atoms. The summed E-state index contributed by atoms with van der Waals surface area (Å²) in [5, 5.41) is 0. The van der Waals surface area contributed by atoms with Crippen molar-refractivity contribution in [2.24, 2.45) is 0 Å². The fourth-order valence-corrected chi connectivity index (χ4v) is 1.19. The van der Waals surface area contributed by atoms with Crippen molar-refractivity contribution in [3.8, 4) is 0 Å². The average Bonchev–Trinajstić information content (AvgIpc) is 2.03. The van der Waals surface area contributed by atoms with Crippen molar-refractivity contribution in [3.05, 3.63) is 35.9 Å². The van der Waals surface area contributed by atoms with E-state index in [1.165, 1.54) is 37.2 Å². The first-order valence-electron chi connectivity index (χ1n) is 3.67. The zero-order valence-corrected chi connectivity index (χ0v) is 10.8. The van der Waals surface area contributed by atoms with Gasteiger partial charge in [-0.2, -0.15) is 4.21 Å². The molecule has 2 N–H and O–H groups in total. The van der Waals surface area contributed by atoms with Gasteiger partial charge in [-0.25, -0.2) is 0 Å². The zero-order chi connectivity index (χ0) is 10.3. The third-order valence-electron chi connectivity index (χ3n) is 1.25. The molecular weight excluding hydrogens is 219 g/mol. The van der Waals surface area contributed by atoms with Gasteiger partial charge < -0.3 is 0 Å². The first kappa shape index (κ1) is 13.5. The van der Waals surface area contributed by atoms with Crippen LogP contribution in [-0.2, 0) is 23.9 Å². The van der Waals surface area contributed by atoms with Gasteiger partial charge in [0.1, 0.15) is 0 Å². The zero-order valence-electron chi connectivity index (χ0n) is 7.21. The summed E-state index contributed by atoms with van der Waals surface area (Å²) in [6.45, 7) is 0. The molecule has 0 aliphatic heterocycles. The average molecular weight is 228 g/mol. The Kier molecular flexibility index (Phi) is 7.16. The maximum absolute atomic E-state index is 9.11. The van der Waals surface area contributed by atoms with Crippen LogP contribution in [0, 0.1) is 0 Å². The summed E-state index contributed by atoms with van der Waals surface area (Å²) in [5.74, 6) is 0. The van der Waals surface area contributed by atoms with Crippen LogP contribution in [0.25, 0.3) is 0 Å². The van der Waals surface area contributed by atoms with E-state index in [-0.39, 0.29) is 0 Å². The van der Waals surface area contributed by atoms with Crippen LogP contribution >= 0.6 is 0 Å². The molecule has 3 nitrogen and oxygen atoms in total. The molecule has 0 saturated carbocycles. The monoisotopic (exact) mass is 228 g/mol. The van der Waals surface area contributed by atoms with Gasteiger partial charge >= 0.3 is 67.5 Å². The summed E-state index contributed by atoms with van der Waals surface area (Å²) in [4.78, 5) is 0. The number of hydrogen-bond donors (Lipinski definition) is 2. The fourth-order valence-electron chi connectivity index (χ4n) is 0.714. The summed E-state index contributed by atoms with van der Waals surface area (Å²) < 4.78 is 25.2. The van der Waals surface area contributed by atoms with Crippen LogP contribution in [0.4, 0.5) is 0 Å². The van der Waals surface area contributed by atoms with E-state index in [0.29, 0.717) is 0 Å². The predicted molar refractivity (Wildman–Crippen MR) is 56.7 cm³/mol. The first-order valence-corrected chi connectivity index (χ1v) is 7.48. The van der Waals surface area contributed by atoms with Gasteiger partial charge in [-0.15, -0.1) is 0 Å².